The number of carbonyl (C=O) groups is 1. The highest BCUT2D eigenvalue weighted by Gasteiger charge is 2.32. The van der Waals surface area contributed by atoms with E-state index in [0.717, 1.165) is 12.0 Å². The molecule has 1 aromatic rings. The first-order chi connectivity index (χ1) is 11.5. The van der Waals surface area contributed by atoms with Crippen LogP contribution < -0.4 is 5.32 Å². The van der Waals surface area contributed by atoms with Crippen molar-refractivity contribution < 1.29 is 4.79 Å². The smallest absolute Gasteiger partial charge is 0.220 e. The predicted molar refractivity (Wildman–Crippen MR) is 96.8 cm³/mol. The molecule has 1 amide bonds. The summed E-state index contributed by atoms with van der Waals surface area (Å²) in [5.41, 5.74) is 2.39. The molecule has 3 unspecified atom stereocenters. The van der Waals surface area contributed by atoms with Gasteiger partial charge in [0.1, 0.15) is 0 Å². The first-order valence-corrected chi connectivity index (χ1v) is 8.87. The Kier molecular flexibility index (Phi) is 6.61. The maximum atomic E-state index is 12.3. The number of nitrogens with one attached hydrogen (secondary N) is 1. The number of hydrogen-bond acceptors (Lipinski definition) is 2. The lowest BCUT2D eigenvalue weighted by Gasteiger charge is -2.36. The van der Waals surface area contributed by atoms with Gasteiger partial charge in [0, 0.05) is 19.4 Å². The first kappa shape index (κ1) is 18.3. The largest absolute Gasteiger partial charge is 0.352 e. The van der Waals surface area contributed by atoms with Gasteiger partial charge in [0.25, 0.3) is 0 Å². The third-order valence-corrected chi connectivity index (χ3v) is 5.18. The van der Waals surface area contributed by atoms with E-state index in [4.69, 9.17) is 5.26 Å². The van der Waals surface area contributed by atoms with Crippen molar-refractivity contribution in [3.8, 4) is 6.07 Å². The molecule has 0 aromatic heterocycles. The lowest BCUT2D eigenvalue weighted by Crippen LogP contribution is -2.31. The maximum Gasteiger partial charge on any atom is 0.220 e. The lowest BCUT2D eigenvalue weighted by atomic mass is 9.69. The standard InChI is InChI=1S/C21H28N2O/c1-15(2)20-12-19(16(3)11-18(20)9-10-22)13-21(24)23-14-17-7-5-4-6-8-17/h4-8,11,15,18-20H,9,12-14H2,1-3H3,(H,23,24). The molecule has 0 saturated heterocycles. The molecule has 1 aliphatic carbocycles. The van der Waals surface area contributed by atoms with Crippen LogP contribution in [0.5, 0.6) is 0 Å². The molecule has 0 aliphatic heterocycles. The SMILES string of the molecule is CC1=CC(CC#N)C(C(C)C)CC1CC(=O)NCc1ccccc1. The molecule has 2 rings (SSSR count). The fraction of sp³-hybridized carbons (Fsp3) is 0.524. The van der Waals surface area contributed by atoms with Crippen molar-refractivity contribution in [3.63, 3.8) is 0 Å². The number of allylic oxidation sites excluding steroid dienone is 2. The number of carbonyl (C=O) groups excluding carboxylic acids is 1. The molecular weight excluding hydrogens is 296 g/mol. The minimum atomic E-state index is 0.109. The summed E-state index contributed by atoms with van der Waals surface area (Å²) in [4.78, 5) is 12.3. The second kappa shape index (κ2) is 8.68. The quantitative estimate of drug-likeness (QED) is 0.785. The number of rotatable bonds is 6. The number of benzene rings is 1. The summed E-state index contributed by atoms with van der Waals surface area (Å²) in [7, 11) is 0. The van der Waals surface area contributed by atoms with Crippen LogP contribution >= 0.6 is 0 Å². The Morgan fingerprint density at radius 2 is 2.04 bits per heavy atom. The monoisotopic (exact) mass is 324 g/mol. The summed E-state index contributed by atoms with van der Waals surface area (Å²) in [6.07, 6.45) is 4.36. The lowest BCUT2D eigenvalue weighted by molar-refractivity contribution is -0.122. The van der Waals surface area contributed by atoms with Gasteiger partial charge in [-0.3, -0.25) is 4.79 Å². The second-order valence-electron chi connectivity index (χ2n) is 7.24. The minimum absolute atomic E-state index is 0.109. The van der Waals surface area contributed by atoms with Crippen LogP contribution in [0.25, 0.3) is 0 Å². The topological polar surface area (TPSA) is 52.9 Å². The summed E-state index contributed by atoms with van der Waals surface area (Å²) in [5.74, 6) is 1.75. The number of nitriles is 1. The van der Waals surface area contributed by atoms with Gasteiger partial charge < -0.3 is 5.32 Å². The van der Waals surface area contributed by atoms with E-state index >= 15 is 0 Å². The van der Waals surface area contributed by atoms with E-state index in [0.29, 0.717) is 43.1 Å². The van der Waals surface area contributed by atoms with E-state index in [-0.39, 0.29) is 5.91 Å². The molecule has 3 atom stereocenters. The highest BCUT2D eigenvalue weighted by molar-refractivity contribution is 5.76. The zero-order valence-corrected chi connectivity index (χ0v) is 15.0. The van der Waals surface area contributed by atoms with Crippen LogP contribution in [0.15, 0.2) is 42.0 Å². The Morgan fingerprint density at radius 1 is 1.33 bits per heavy atom. The van der Waals surface area contributed by atoms with E-state index in [9.17, 15) is 4.79 Å². The molecule has 24 heavy (non-hydrogen) atoms. The van der Waals surface area contributed by atoms with Crippen LogP contribution in [0.1, 0.15) is 45.6 Å². The van der Waals surface area contributed by atoms with E-state index in [1.54, 1.807) is 0 Å². The Hall–Kier alpha value is -2.08. The summed E-state index contributed by atoms with van der Waals surface area (Å²) in [6.45, 7) is 7.13. The van der Waals surface area contributed by atoms with E-state index in [1.807, 2.05) is 30.3 Å². The molecular formula is C21H28N2O. The van der Waals surface area contributed by atoms with Gasteiger partial charge in [0.05, 0.1) is 6.07 Å². The third-order valence-electron chi connectivity index (χ3n) is 5.18. The maximum absolute atomic E-state index is 12.3. The average Bonchev–Trinajstić information content (AvgIpc) is 2.56. The second-order valence-corrected chi connectivity index (χ2v) is 7.24. The molecule has 1 aliphatic rings. The van der Waals surface area contributed by atoms with Crippen molar-refractivity contribution >= 4 is 5.91 Å². The Labute approximate surface area is 145 Å². The van der Waals surface area contributed by atoms with Crippen molar-refractivity contribution in [3.05, 3.63) is 47.5 Å². The van der Waals surface area contributed by atoms with Gasteiger partial charge in [-0.1, -0.05) is 55.8 Å². The van der Waals surface area contributed by atoms with E-state index in [2.05, 4.69) is 38.2 Å². The van der Waals surface area contributed by atoms with Crippen molar-refractivity contribution in [2.45, 2.75) is 46.6 Å². The van der Waals surface area contributed by atoms with Crippen LogP contribution in [-0.4, -0.2) is 5.91 Å². The van der Waals surface area contributed by atoms with Gasteiger partial charge in [0.15, 0.2) is 0 Å². The normalized spacial score (nSPS) is 23.5. The van der Waals surface area contributed by atoms with Gasteiger partial charge in [-0.05, 0) is 42.6 Å². The van der Waals surface area contributed by atoms with Gasteiger partial charge in [-0.2, -0.15) is 5.26 Å². The number of nitrogens with zero attached hydrogens (tertiary/aromatic N) is 1. The van der Waals surface area contributed by atoms with Crippen molar-refractivity contribution in [1.29, 1.82) is 5.26 Å². The minimum Gasteiger partial charge on any atom is -0.352 e. The highest BCUT2D eigenvalue weighted by Crippen LogP contribution is 2.40. The molecule has 3 nitrogen and oxygen atoms in total. The Bertz CT molecular complexity index is 612. The fourth-order valence-corrected chi connectivity index (χ4v) is 3.71. The van der Waals surface area contributed by atoms with E-state index < -0.39 is 0 Å². The molecule has 0 spiro atoms. The summed E-state index contributed by atoms with van der Waals surface area (Å²) >= 11 is 0. The number of amides is 1. The summed E-state index contributed by atoms with van der Waals surface area (Å²) in [6, 6.07) is 12.3. The molecule has 0 heterocycles. The summed E-state index contributed by atoms with van der Waals surface area (Å²) < 4.78 is 0. The summed E-state index contributed by atoms with van der Waals surface area (Å²) in [5, 5.41) is 12.1. The third kappa shape index (κ3) is 4.96. The van der Waals surface area contributed by atoms with Crippen LogP contribution in [0.4, 0.5) is 0 Å². The van der Waals surface area contributed by atoms with Crippen molar-refractivity contribution in [1.82, 2.24) is 5.32 Å². The molecule has 128 valence electrons. The average molecular weight is 324 g/mol. The van der Waals surface area contributed by atoms with Gasteiger partial charge in [-0.25, -0.2) is 0 Å². The molecule has 0 saturated carbocycles. The fourth-order valence-electron chi connectivity index (χ4n) is 3.71. The first-order valence-electron chi connectivity index (χ1n) is 8.87. The van der Waals surface area contributed by atoms with Gasteiger partial charge in [-0.15, -0.1) is 0 Å². The van der Waals surface area contributed by atoms with Crippen molar-refractivity contribution in [2.75, 3.05) is 0 Å². The van der Waals surface area contributed by atoms with Crippen LogP contribution in [-0.2, 0) is 11.3 Å². The van der Waals surface area contributed by atoms with Crippen molar-refractivity contribution in [2.24, 2.45) is 23.7 Å². The zero-order valence-electron chi connectivity index (χ0n) is 15.0. The Morgan fingerprint density at radius 3 is 2.67 bits per heavy atom. The van der Waals surface area contributed by atoms with Gasteiger partial charge in [0.2, 0.25) is 5.91 Å². The van der Waals surface area contributed by atoms with E-state index in [1.165, 1.54) is 5.57 Å². The molecule has 1 aromatic carbocycles. The molecule has 0 fully saturated rings. The zero-order chi connectivity index (χ0) is 17.5. The van der Waals surface area contributed by atoms with Crippen LogP contribution in [0, 0.1) is 35.0 Å². The molecule has 3 heteroatoms. The number of hydrogen-bond donors (Lipinski definition) is 1. The highest BCUT2D eigenvalue weighted by atomic mass is 16.1. The Balaban J connectivity index is 1.94. The van der Waals surface area contributed by atoms with Crippen LogP contribution in [0.3, 0.4) is 0 Å². The molecule has 0 radical (unpaired) electrons. The molecule has 1 N–H and O–H groups in total. The van der Waals surface area contributed by atoms with Gasteiger partial charge >= 0.3 is 0 Å². The molecule has 0 bridgehead atoms. The van der Waals surface area contributed by atoms with Crippen LogP contribution in [0.2, 0.25) is 0 Å². The predicted octanol–water partition coefficient (Wildman–Crippen LogP) is 4.46.